The van der Waals surface area contributed by atoms with Crippen LogP contribution in [0, 0.1) is 0 Å². The van der Waals surface area contributed by atoms with E-state index in [1.807, 2.05) is 6.07 Å². The number of hydrogen-bond acceptors (Lipinski definition) is 4. The van der Waals surface area contributed by atoms with Crippen LogP contribution in [-0.4, -0.2) is 62.4 Å². The number of benzene rings is 1. The van der Waals surface area contributed by atoms with Crippen molar-refractivity contribution in [3.8, 4) is 0 Å². The molecule has 3 N–H and O–H groups in total. The summed E-state index contributed by atoms with van der Waals surface area (Å²) in [6.45, 7) is 2.44. The van der Waals surface area contributed by atoms with E-state index in [0.717, 1.165) is 18.4 Å². The maximum absolute atomic E-state index is 12.6. The third-order valence-electron chi connectivity index (χ3n) is 5.20. The average molecular weight is 416 g/mol. The molecule has 1 aromatic rings. The molecular weight excluding hydrogens is 393 g/mol. The Hall–Kier alpha value is -1.54. The minimum absolute atomic E-state index is 0.152. The minimum atomic E-state index is -0.771. The number of hydrogen-bond donors (Lipinski definition) is 2. The third-order valence-corrected chi connectivity index (χ3v) is 5.75. The molecule has 27 heavy (non-hydrogen) atoms. The number of ether oxygens (including phenoxy) is 2. The number of halogens is 2. The number of carbonyl (C=O) groups is 2. The molecule has 0 radical (unpaired) electrons. The van der Waals surface area contributed by atoms with Gasteiger partial charge in [-0.05, 0) is 30.5 Å². The summed E-state index contributed by atoms with van der Waals surface area (Å²) in [5.41, 5.74) is 5.91. The van der Waals surface area contributed by atoms with Gasteiger partial charge in [0.05, 0.1) is 13.2 Å². The van der Waals surface area contributed by atoms with Crippen LogP contribution in [0.4, 0.5) is 4.79 Å². The lowest BCUT2D eigenvalue weighted by Crippen LogP contribution is -2.55. The first-order chi connectivity index (χ1) is 12.9. The van der Waals surface area contributed by atoms with Crippen molar-refractivity contribution in [1.82, 2.24) is 10.2 Å². The van der Waals surface area contributed by atoms with Gasteiger partial charge in [-0.2, -0.15) is 0 Å². The van der Waals surface area contributed by atoms with E-state index < -0.39 is 12.0 Å². The summed E-state index contributed by atoms with van der Waals surface area (Å²) in [7, 11) is 0. The van der Waals surface area contributed by atoms with Crippen LogP contribution < -0.4 is 11.1 Å². The van der Waals surface area contributed by atoms with Gasteiger partial charge < -0.3 is 25.4 Å². The van der Waals surface area contributed by atoms with E-state index in [1.54, 1.807) is 17.0 Å². The molecule has 2 heterocycles. The zero-order valence-corrected chi connectivity index (χ0v) is 16.4. The third kappa shape index (κ3) is 4.66. The van der Waals surface area contributed by atoms with Crippen LogP contribution in [0.2, 0.25) is 10.0 Å². The van der Waals surface area contributed by atoms with Crippen molar-refractivity contribution in [2.24, 2.45) is 5.73 Å². The van der Waals surface area contributed by atoms with Crippen molar-refractivity contribution in [2.45, 2.75) is 24.4 Å². The second-order valence-corrected chi connectivity index (χ2v) is 7.73. The first-order valence-corrected chi connectivity index (χ1v) is 9.64. The van der Waals surface area contributed by atoms with E-state index in [-0.39, 0.29) is 24.6 Å². The summed E-state index contributed by atoms with van der Waals surface area (Å²) in [4.78, 5) is 25.5. The average Bonchev–Trinajstić information content (AvgIpc) is 2.67. The summed E-state index contributed by atoms with van der Waals surface area (Å²) in [6, 6.07) is 5.19. The molecule has 7 nitrogen and oxygen atoms in total. The maximum Gasteiger partial charge on any atom is 0.317 e. The molecule has 3 amide bonds. The van der Waals surface area contributed by atoms with Crippen LogP contribution in [0.1, 0.15) is 18.4 Å². The number of rotatable bonds is 4. The van der Waals surface area contributed by atoms with Crippen LogP contribution in [0.25, 0.3) is 0 Å². The Labute approximate surface area is 168 Å². The fourth-order valence-corrected chi connectivity index (χ4v) is 4.19. The number of primary amides is 1. The van der Waals surface area contributed by atoms with Crippen LogP contribution >= 0.6 is 23.2 Å². The second-order valence-electron chi connectivity index (χ2n) is 6.88. The topological polar surface area (TPSA) is 93.9 Å². The van der Waals surface area contributed by atoms with Gasteiger partial charge in [0.2, 0.25) is 5.91 Å². The lowest BCUT2D eigenvalue weighted by molar-refractivity contribution is -0.133. The number of morpholine rings is 1. The van der Waals surface area contributed by atoms with Gasteiger partial charge in [0.25, 0.3) is 0 Å². The van der Waals surface area contributed by atoms with Crippen LogP contribution in [-0.2, 0) is 19.7 Å². The number of nitrogens with one attached hydrogen (secondary N) is 1. The molecule has 2 saturated heterocycles. The summed E-state index contributed by atoms with van der Waals surface area (Å²) in [6.07, 6.45) is 0.704. The van der Waals surface area contributed by atoms with Crippen molar-refractivity contribution in [1.29, 1.82) is 0 Å². The van der Waals surface area contributed by atoms with E-state index >= 15 is 0 Å². The summed E-state index contributed by atoms with van der Waals surface area (Å²) < 4.78 is 10.8. The van der Waals surface area contributed by atoms with Crippen LogP contribution in [0.5, 0.6) is 0 Å². The van der Waals surface area contributed by atoms with E-state index in [0.29, 0.717) is 36.3 Å². The van der Waals surface area contributed by atoms with Crippen LogP contribution in [0.15, 0.2) is 18.2 Å². The molecule has 0 aromatic heterocycles. The zero-order chi connectivity index (χ0) is 19.4. The SMILES string of the molecule is NC(=O)[C@@H]1CN(C(=O)NCC2(c3ccc(Cl)cc3Cl)CCOCC2)CCO1. The van der Waals surface area contributed by atoms with Gasteiger partial charge in [0.15, 0.2) is 6.10 Å². The van der Waals surface area contributed by atoms with Crippen molar-refractivity contribution in [2.75, 3.05) is 39.5 Å². The Morgan fingerprint density at radius 1 is 1.26 bits per heavy atom. The molecule has 9 heteroatoms. The molecule has 0 unspecified atom stereocenters. The quantitative estimate of drug-likeness (QED) is 0.785. The van der Waals surface area contributed by atoms with E-state index in [2.05, 4.69) is 5.32 Å². The summed E-state index contributed by atoms with van der Waals surface area (Å²) in [5, 5.41) is 4.15. The van der Waals surface area contributed by atoms with Crippen LogP contribution in [0.3, 0.4) is 0 Å². The lowest BCUT2D eigenvalue weighted by atomic mass is 9.74. The first kappa shape index (κ1) is 20.2. The van der Waals surface area contributed by atoms with Gasteiger partial charge in [0, 0.05) is 41.8 Å². The molecule has 2 aliphatic heterocycles. The molecule has 3 rings (SSSR count). The van der Waals surface area contributed by atoms with Crippen molar-refractivity contribution in [3.05, 3.63) is 33.8 Å². The largest absolute Gasteiger partial charge is 0.381 e. The van der Waals surface area contributed by atoms with Gasteiger partial charge in [0.1, 0.15) is 0 Å². The highest BCUT2D eigenvalue weighted by atomic mass is 35.5. The van der Waals surface area contributed by atoms with Crippen molar-refractivity contribution < 1.29 is 19.1 Å². The molecule has 1 atom stereocenters. The zero-order valence-electron chi connectivity index (χ0n) is 14.9. The summed E-state index contributed by atoms with van der Waals surface area (Å²) >= 11 is 12.5. The molecule has 148 valence electrons. The van der Waals surface area contributed by atoms with E-state index in [9.17, 15) is 9.59 Å². The molecule has 2 fully saturated rings. The lowest BCUT2D eigenvalue weighted by Gasteiger charge is -2.39. The maximum atomic E-state index is 12.6. The molecular formula is C18H23Cl2N3O4. The molecule has 0 bridgehead atoms. The number of nitrogens with two attached hydrogens (primary N) is 1. The normalized spacial score (nSPS) is 22.3. The molecule has 0 aliphatic carbocycles. The Morgan fingerprint density at radius 2 is 2.00 bits per heavy atom. The molecule has 2 aliphatic rings. The van der Waals surface area contributed by atoms with Crippen molar-refractivity contribution >= 4 is 35.1 Å². The highest BCUT2D eigenvalue weighted by Gasteiger charge is 2.37. The van der Waals surface area contributed by atoms with E-state index in [4.69, 9.17) is 38.4 Å². The Balaban J connectivity index is 1.72. The van der Waals surface area contributed by atoms with Gasteiger partial charge >= 0.3 is 6.03 Å². The predicted octanol–water partition coefficient (Wildman–Crippen LogP) is 1.94. The number of urea groups is 1. The first-order valence-electron chi connectivity index (χ1n) is 8.88. The monoisotopic (exact) mass is 415 g/mol. The molecule has 0 saturated carbocycles. The fourth-order valence-electron chi connectivity index (χ4n) is 3.59. The molecule has 1 aromatic carbocycles. The van der Waals surface area contributed by atoms with Gasteiger partial charge in [-0.3, -0.25) is 4.79 Å². The minimum Gasteiger partial charge on any atom is -0.381 e. The predicted molar refractivity (Wildman–Crippen MR) is 102 cm³/mol. The van der Waals surface area contributed by atoms with Gasteiger partial charge in [-0.25, -0.2) is 4.79 Å². The van der Waals surface area contributed by atoms with Gasteiger partial charge in [-0.1, -0.05) is 29.3 Å². The number of nitrogens with zero attached hydrogens (tertiary/aromatic N) is 1. The van der Waals surface area contributed by atoms with Gasteiger partial charge in [-0.15, -0.1) is 0 Å². The highest BCUT2D eigenvalue weighted by Crippen LogP contribution is 2.39. The van der Waals surface area contributed by atoms with Crippen molar-refractivity contribution in [3.63, 3.8) is 0 Å². The fraction of sp³-hybridized carbons (Fsp3) is 0.556. The summed E-state index contributed by atoms with van der Waals surface area (Å²) in [5.74, 6) is -0.568. The number of amides is 3. The highest BCUT2D eigenvalue weighted by molar-refractivity contribution is 6.35. The Morgan fingerprint density at radius 3 is 2.67 bits per heavy atom. The smallest absolute Gasteiger partial charge is 0.317 e. The molecule has 0 spiro atoms. The number of carbonyl (C=O) groups excluding carboxylic acids is 2. The standard InChI is InChI=1S/C18H23Cl2N3O4/c19-12-1-2-13(14(20)9-12)18(3-6-26-7-4-18)11-22-17(25)23-5-8-27-15(10-23)16(21)24/h1-2,9,15H,3-8,10-11H2,(H2,21,24)(H,22,25)/t15-/m0/s1. The second kappa shape index (κ2) is 8.65. The Kier molecular flexibility index (Phi) is 6.47. The van der Waals surface area contributed by atoms with E-state index in [1.165, 1.54) is 0 Å². The Bertz CT molecular complexity index is 710.